The maximum Gasteiger partial charge on any atom is 0.417 e. The number of carbonyl (C=O) groups is 2. The fraction of sp³-hybridized carbons (Fsp3) is 0.273. The first kappa shape index (κ1) is 17.0. The molecule has 0 aliphatic rings. The summed E-state index contributed by atoms with van der Waals surface area (Å²) in [6, 6.07) is 0.290. The first-order chi connectivity index (χ1) is 9.41. The zero-order valence-corrected chi connectivity index (χ0v) is 9.79. The largest absolute Gasteiger partial charge is 0.479 e. The van der Waals surface area contributed by atoms with Gasteiger partial charge in [0.25, 0.3) is 0 Å². The highest BCUT2D eigenvalue weighted by molar-refractivity contribution is 5.85. The summed E-state index contributed by atoms with van der Waals surface area (Å²) in [6.45, 7) is 0. The Morgan fingerprint density at radius 3 is 1.95 bits per heavy atom. The minimum Gasteiger partial charge on any atom is -0.479 e. The van der Waals surface area contributed by atoms with Crippen molar-refractivity contribution in [3.05, 3.63) is 34.4 Å². The van der Waals surface area contributed by atoms with E-state index in [4.69, 9.17) is 5.11 Å². The van der Waals surface area contributed by atoms with Gasteiger partial charge in [0.05, 0.1) is 11.1 Å². The second kappa shape index (κ2) is 5.35. The average molecular weight is 316 g/mol. The molecule has 1 aromatic rings. The predicted octanol–water partition coefficient (Wildman–Crippen LogP) is 2.65. The van der Waals surface area contributed by atoms with Crippen molar-refractivity contribution in [3.63, 3.8) is 0 Å². The smallest absolute Gasteiger partial charge is 0.417 e. The van der Waals surface area contributed by atoms with Crippen LogP contribution >= 0.6 is 0 Å². The van der Waals surface area contributed by atoms with Gasteiger partial charge in [-0.15, -0.1) is 0 Å². The molecule has 1 atom stereocenters. The van der Waals surface area contributed by atoms with Crippen molar-refractivity contribution in [2.75, 3.05) is 0 Å². The number of carbonyl (C=O) groups excluding carboxylic acids is 1. The van der Waals surface area contributed by atoms with Crippen molar-refractivity contribution in [2.24, 2.45) is 0 Å². The third-order valence-corrected chi connectivity index (χ3v) is 2.51. The van der Waals surface area contributed by atoms with E-state index in [-0.39, 0.29) is 6.07 Å². The lowest BCUT2D eigenvalue weighted by Gasteiger charge is -2.20. The minimum atomic E-state index is -5.56. The van der Waals surface area contributed by atoms with Crippen LogP contribution in [0, 0.1) is 0 Å². The molecule has 0 aliphatic heterocycles. The molecule has 0 aliphatic carbocycles. The van der Waals surface area contributed by atoms with Gasteiger partial charge in [-0.05, 0) is 6.07 Å². The first-order valence-electron chi connectivity index (χ1n) is 5.08. The number of halogens is 6. The Morgan fingerprint density at radius 1 is 1.10 bits per heavy atom. The number of alkyl halides is 6. The second-order valence-corrected chi connectivity index (χ2v) is 3.85. The van der Waals surface area contributed by atoms with Crippen molar-refractivity contribution >= 4 is 12.3 Å². The van der Waals surface area contributed by atoms with Crippen molar-refractivity contribution in [2.45, 2.75) is 18.5 Å². The highest BCUT2D eigenvalue weighted by Crippen LogP contribution is 2.43. The molecule has 21 heavy (non-hydrogen) atoms. The molecule has 4 nitrogen and oxygen atoms in total. The molecule has 0 amide bonds. The molecule has 0 bridgehead atoms. The summed E-state index contributed by atoms with van der Waals surface area (Å²) in [5, 5.41) is 17.7. The summed E-state index contributed by atoms with van der Waals surface area (Å²) >= 11 is 0. The van der Waals surface area contributed by atoms with Crippen molar-refractivity contribution < 1.29 is 46.1 Å². The van der Waals surface area contributed by atoms with Gasteiger partial charge in [-0.25, -0.2) is 4.79 Å². The number of aliphatic hydroxyl groups is 1. The van der Waals surface area contributed by atoms with Gasteiger partial charge in [-0.2, -0.15) is 26.3 Å². The highest BCUT2D eigenvalue weighted by atomic mass is 19.4. The second-order valence-electron chi connectivity index (χ2n) is 3.85. The number of carboxylic acid groups (broad SMARTS) is 1. The molecule has 1 rings (SSSR count). The van der Waals surface area contributed by atoms with Crippen LogP contribution in [0.4, 0.5) is 26.3 Å². The Balaban J connectivity index is 3.79. The third kappa shape index (κ3) is 3.32. The Hall–Kier alpha value is -2.10. The van der Waals surface area contributed by atoms with E-state index in [9.17, 15) is 41.0 Å². The van der Waals surface area contributed by atoms with Gasteiger partial charge < -0.3 is 10.2 Å². The Bertz CT molecular complexity index is 575. The van der Waals surface area contributed by atoms with Crippen molar-refractivity contribution in [1.29, 1.82) is 0 Å². The highest BCUT2D eigenvalue weighted by Gasteiger charge is 2.46. The van der Waals surface area contributed by atoms with Gasteiger partial charge in [0.2, 0.25) is 0 Å². The lowest BCUT2D eigenvalue weighted by molar-refractivity contribution is -0.162. The van der Waals surface area contributed by atoms with Gasteiger partial charge in [-0.3, -0.25) is 4.79 Å². The maximum absolute atomic E-state index is 12.8. The van der Waals surface area contributed by atoms with Gasteiger partial charge in [0, 0.05) is 11.1 Å². The van der Waals surface area contributed by atoms with Gasteiger partial charge in [0.15, 0.2) is 12.4 Å². The van der Waals surface area contributed by atoms with Crippen molar-refractivity contribution in [1.82, 2.24) is 0 Å². The first-order valence-corrected chi connectivity index (χ1v) is 5.08. The molecule has 0 radical (unpaired) electrons. The van der Waals surface area contributed by atoms with Crippen molar-refractivity contribution in [3.8, 4) is 0 Å². The molecule has 1 unspecified atom stereocenters. The molecule has 0 saturated heterocycles. The van der Waals surface area contributed by atoms with Crippen LogP contribution in [0.2, 0.25) is 0 Å². The number of aliphatic hydroxyl groups excluding tert-OH is 1. The molecule has 0 spiro atoms. The van der Waals surface area contributed by atoms with E-state index in [1.807, 2.05) is 0 Å². The van der Waals surface area contributed by atoms with Gasteiger partial charge >= 0.3 is 18.3 Å². The normalized spacial score (nSPS) is 13.9. The maximum atomic E-state index is 12.8. The molecule has 1 aromatic carbocycles. The van der Waals surface area contributed by atoms with Crippen LogP contribution in [0.15, 0.2) is 12.1 Å². The molecule has 0 heterocycles. The number of aldehydes is 1. The SMILES string of the molecule is O=Cc1c(C(O)C(=O)O)ccc(C(F)(F)F)c1C(F)(F)F. The number of benzene rings is 1. The fourth-order valence-corrected chi connectivity index (χ4v) is 1.68. The summed E-state index contributed by atoms with van der Waals surface area (Å²) < 4.78 is 76.1. The van der Waals surface area contributed by atoms with E-state index in [0.717, 1.165) is 0 Å². The number of hydrogen-bond acceptors (Lipinski definition) is 3. The molecule has 0 fully saturated rings. The zero-order valence-electron chi connectivity index (χ0n) is 9.79. The lowest BCUT2D eigenvalue weighted by Crippen LogP contribution is -2.22. The summed E-state index contributed by atoms with van der Waals surface area (Å²) in [6.07, 6.45) is -14.1. The van der Waals surface area contributed by atoms with Crippen LogP contribution in [-0.2, 0) is 17.1 Å². The Kier molecular flexibility index (Phi) is 4.32. The predicted molar refractivity (Wildman–Crippen MR) is 54.4 cm³/mol. The summed E-state index contributed by atoms with van der Waals surface area (Å²) in [5.74, 6) is -2.01. The van der Waals surface area contributed by atoms with Crippen LogP contribution in [0.1, 0.15) is 33.2 Å². The van der Waals surface area contributed by atoms with E-state index in [1.54, 1.807) is 0 Å². The summed E-state index contributed by atoms with van der Waals surface area (Å²) in [5.41, 5.74) is -7.11. The third-order valence-electron chi connectivity index (χ3n) is 2.51. The molecule has 10 heteroatoms. The van der Waals surface area contributed by atoms with Crippen LogP contribution < -0.4 is 0 Å². The molecule has 0 saturated carbocycles. The minimum absolute atomic E-state index is 0.0304. The number of hydrogen-bond donors (Lipinski definition) is 2. The van der Waals surface area contributed by atoms with E-state index in [2.05, 4.69) is 0 Å². The Labute approximate surface area is 112 Å². The standard InChI is InChI=1S/C11H6F6O4/c12-10(13,14)6-2-1-4(8(19)9(20)21)5(3-18)7(6)11(15,16)17/h1-3,8,19H,(H,20,21). The monoisotopic (exact) mass is 316 g/mol. The number of rotatable bonds is 3. The number of carboxylic acids is 1. The molecule has 116 valence electrons. The van der Waals surface area contributed by atoms with Gasteiger partial charge in [0.1, 0.15) is 0 Å². The molecule has 0 aromatic heterocycles. The zero-order chi connectivity index (χ0) is 16.6. The van der Waals surface area contributed by atoms with Gasteiger partial charge in [-0.1, -0.05) is 6.07 Å². The van der Waals surface area contributed by atoms with Crippen LogP contribution in [0.3, 0.4) is 0 Å². The quantitative estimate of drug-likeness (QED) is 0.664. The van der Waals surface area contributed by atoms with Crippen LogP contribution in [-0.4, -0.2) is 22.5 Å². The molecular formula is C11H6F6O4. The van der Waals surface area contributed by atoms with E-state index in [1.165, 1.54) is 0 Å². The summed E-state index contributed by atoms with van der Waals surface area (Å²) in [7, 11) is 0. The van der Waals surface area contributed by atoms with E-state index >= 15 is 0 Å². The Morgan fingerprint density at radius 2 is 1.62 bits per heavy atom. The topological polar surface area (TPSA) is 74.6 Å². The molecular weight excluding hydrogens is 310 g/mol. The van der Waals surface area contributed by atoms with E-state index in [0.29, 0.717) is 6.07 Å². The van der Waals surface area contributed by atoms with Crippen LogP contribution in [0.5, 0.6) is 0 Å². The molecule has 2 N–H and O–H groups in total. The average Bonchev–Trinajstić information content (AvgIpc) is 2.33. The van der Waals surface area contributed by atoms with Crippen LogP contribution in [0.25, 0.3) is 0 Å². The number of aliphatic carboxylic acids is 1. The lowest BCUT2D eigenvalue weighted by atomic mass is 9.93. The fourth-order valence-electron chi connectivity index (χ4n) is 1.68. The summed E-state index contributed by atoms with van der Waals surface area (Å²) in [4.78, 5) is 21.3. The van der Waals surface area contributed by atoms with E-state index < -0.39 is 53.0 Å².